The molecule has 1 saturated heterocycles. The standard InChI is InChI=1S/C10H18O/c1-5-9-6-8(2)7-10(3,4)11-9/h5,8-9H,1,6-7H2,2-4H3. The normalized spacial score (nSPS) is 36.6. The van der Waals surface area contributed by atoms with E-state index in [9.17, 15) is 0 Å². The summed E-state index contributed by atoms with van der Waals surface area (Å²) >= 11 is 0. The van der Waals surface area contributed by atoms with Gasteiger partial charge in [0.2, 0.25) is 0 Å². The molecule has 64 valence electrons. The molecular formula is C10H18O. The molecule has 0 aromatic rings. The van der Waals surface area contributed by atoms with Crippen LogP contribution in [0.2, 0.25) is 0 Å². The van der Waals surface area contributed by atoms with Crippen LogP contribution in [0, 0.1) is 5.92 Å². The third-order valence-electron chi connectivity index (χ3n) is 2.21. The van der Waals surface area contributed by atoms with Gasteiger partial charge >= 0.3 is 0 Å². The van der Waals surface area contributed by atoms with E-state index in [-0.39, 0.29) is 11.7 Å². The average Bonchev–Trinajstić information content (AvgIpc) is 1.83. The predicted octanol–water partition coefficient (Wildman–Crippen LogP) is 2.77. The molecular weight excluding hydrogens is 136 g/mol. The van der Waals surface area contributed by atoms with Gasteiger partial charge in [-0.2, -0.15) is 0 Å². The SMILES string of the molecule is C=CC1CC(C)CC(C)(C)O1. The van der Waals surface area contributed by atoms with Crippen LogP contribution in [0.25, 0.3) is 0 Å². The minimum absolute atomic E-state index is 0.0521. The van der Waals surface area contributed by atoms with Crippen LogP contribution in [0.5, 0.6) is 0 Å². The Morgan fingerprint density at radius 1 is 1.55 bits per heavy atom. The van der Waals surface area contributed by atoms with Gasteiger partial charge in [0, 0.05) is 0 Å². The van der Waals surface area contributed by atoms with E-state index in [1.165, 1.54) is 0 Å². The van der Waals surface area contributed by atoms with Gasteiger partial charge in [-0.3, -0.25) is 0 Å². The zero-order chi connectivity index (χ0) is 8.48. The van der Waals surface area contributed by atoms with Crippen LogP contribution in [-0.2, 0) is 4.74 Å². The molecule has 1 nitrogen and oxygen atoms in total. The Bertz CT molecular complexity index is 149. The molecule has 1 heterocycles. The Labute approximate surface area is 69.4 Å². The Morgan fingerprint density at radius 2 is 2.18 bits per heavy atom. The van der Waals surface area contributed by atoms with Crippen molar-refractivity contribution in [2.45, 2.75) is 45.3 Å². The molecule has 1 aliphatic heterocycles. The van der Waals surface area contributed by atoms with Crippen molar-refractivity contribution in [2.24, 2.45) is 5.92 Å². The number of hydrogen-bond acceptors (Lipinski definition) is 1. The van der Waals surface area contributed by atoms with Crippen LogP contribution >= 0.6 is 0 Å². The van der Waals surface area contributed by atoms with Gasteiger partial charge in [0.25, 0.3) is 0 Å². The van der Waals surface area contributed by atoms with Crippen LogP contribution in [0.15, 0.2) is 12.7 Å². The van der Waals surface area contributed by atoms with Gasteiger partial charge in [0.15, 0.2) is 0 Å². The lowest BCUT2D eigenvalue weighted by Crippen LogP contribution is -2.37. The molecule has 0 aromatic carbocycles. The minimum Gasteiger partial charge on any atom is -0.368 e. The summed E-state index contributed by atoms with van der Waals surface area (Å²) in [5, 5.41) is 0. The third-order valence-corrected chi connectivity index (χ3v) is 2.21. The number of ether oxygens (including phenoxy) is 1. The molecule has 1 aliphatic rings. The van der Waals surface area contributed by atoms with Gasteiger partial charge < -0.3 is 4.74 Å². The highest BCUT2D eigenvalue weighted by Crippen LogP contribution is 2.32. The zero-order valence-electron chi connectivity index (χ0n) is 7.76. The summed E-state index contributed by atoms with van der Waals surface area (Å²) in [6.07, 6.45) is 4.48. The van der Waals surface area contributed by atoms with E-state index in [2.05, 4.69) is 27.4 Å². The predicted molar refractivity (Wildman–Crippen MR) is 47.5 cm³/mol. The monoisotopic (exact) mass is 154 g/mol. The summed E-state index contributed by atoms with van der Waals surface area (Å²) in [5.41, 5.74) is 0.0521. The van der Waals surface area contributed by atoms with Gasteiger partial charge in [0.1, 0.15) is 0 Å². The molecule has 0 radical (unpaired) electrons. The average molecular weight is 154 g/mol. The van der Waals surface area contributed by atoms with Gasteiger partial charge in [-0.05, 0) is 32.6 Å². The summed E-state index contributed by atoms with van der Waals surface area (Å²) in [7, 11) is 0. The van der Waals surface area contributed by atoms with Gasteiger partial charge in [-0.25, -0.2) is 0 Å². The maximum absolute atomic E-state index is 5.78. The Morgan fingerprint density at radius 3 is 2.64 bits per heavy atom. The van der Waals surface area contributed by atoms with Crippen LogP contribution < -0.4 is 0 Å². The Balaban J connectivity index is 2.57. The Hall–Kier alpha value is -0.300. The van der Waals surface area contributed by atoms with Crippen LogP contribution in [0.3, 0.4) is 0 Å². The van der Waals surface area contributed by atoms with Crippen molar-refractivity contribution in [3.05, 3.63) is 12.7 Å². The molecule has 0 amide bonds. The molecule has 2 atom stereocenters. The molecule has 1 rings (SSSR count). The highest BCUT2D eigenvalue weighted by Gasteiger charge is 2.30. The summed E-state index contributed by atoms with van der Waals surface area (Å²) in [4.78, 5) is 0. The first-order chi connectivity index (χ1) is 5.03. The van der Waals surface area contributed by atoms with E-state index in [0.717, 1.165) is 18.8 Å². The fourth-order valence-corrected chi connectivity index (χ4v) is 1.97. The van der Waals surface area contributed by atoms with Crippen LogP contribution in [0.4, 0.5) is 0 Å². The first kappa shape index (κ1) is 8.79. The smallest absolute Gasteiger partial charge is 0.0763 e. The Kier molecular flexibility index (Phi) is 2.38. The lowest BCUT2D eigenvalue weighted by Gasteiger charge is -2.38. The summed E-state index contributed by atoms with van der Waals surface area (Å²) in [5.74, 6) is 0.766. The van der Waals surface area contributed by atoms with Crippen molar-refractivity contribution < 1.29 is 4.74 Å². The summed E-state index contributed by atoms with van der Waals surface area (Å²) in [6.45, 7) is 10.3. The fourth-order valence-electron chi connectivity index (χ4n) is 1.97. The molecule has 0 N–H and O–H groups in total. The van der Waals surface area contributed by atoms with E-state index >= 15 is 0 Å². The van der Waals surface area contributed by atoms with Crippen molar-refractivity contribution in [3.8, 4) is 0 Å². The summed E-state index contributed by atoms with van der Waals surface area (Å²) < 4.78 is 5.78. The largest absolute Gasteiger partial charge is 0.368 e. The molecule has 0 spiro atoms. The van der Waals surface area contributed by atoms with E-state index in [1.54, 1.807) is 0 Å². The quantitative estimate of drug-likeness (QED) is 0.528. The molecule has 1 fully saturated rings. The van der Waals surface area contributed by atoms with Crippen molar-refractivity contribution in [1.82, 2.24) is 0 Å². The van der Waals surface area contributed by atoms with Crippen LogP contribution in [0.1, 0.15) is 33.6 Å². The van der Waals surface area contributed by atoms with Gasteiger partial charge in [-0.1, -0.05) is 13.0 Å². The minimum atomic E-state index is 0.0521. The van der Waals surface area contributed by atoms with Gasteiger partial charge in [0.05, 0.1) is 11.7 Å². The van der Waals surface area contributed by atoms with Crippen molar-refractivity contribution in [1.29, 1.82) is 0 Å². The second kappa shape index (κ2) is 2.98. The van der Waals surface area contributed by atoms with E-state index in [1.807, 2.05) is 6.08 Å². The first-order valence-corrected chi connectivity index (χ1v) is 4.34. The molecule has 0 bridgehead atoms. The highest BCUT2D eigenvalue weighted by molar-refractivity contribution is 4.90. The highest BCUT2D eigenvalue weighted by atomic mass is 16.5. The fraction of sp³-hybridized carbons (Fsp3) is 0.800. The zero-order valence-corrected chi connectivity index (χ0v) is 7.76. The molecule has 1 heteroatoms. The lowest BCUT2D eigenvalue weighted by atomic mass is 9.87. The second-order valence-corrected chi connectivity index (χ2v) is 4.20. The van der Waals surface area contributed by atoms with Gasteiger partial charge in [-0.15, -0.1) is 6.58 Å². The molecule has 0 aromatic heterocycles. The van der Waals surface area contributed by atoms with E-state index in [4.69, 9.17) is 4.74 Å². The summed E-state index contributed by atoms with van der Waals surface area (Å²) in [6, 6.07) is 0. The number of rotatable bonds is 1. The number of hydrogen-bond donors (Lipinski definition) is 0. The van der Waals surface area contributed by atoms with E-state index < -0.39 is 0 Å². The molecule has 2 unspecified atom stereocenters. The molecule has 11 heavy (non-hydrogen) atoms. The maximum atomic E-state index is 5.78. The van der Waals surface area contributed by atoms with Crippen LogP contribution in [-0.4, -0.2) is 11.7 Å². The van der Waals surface area contributed by atoms with Crippen molar-refractivity contribution >= 4 is 0 Å². The van der Waals surface area contributed by atoms with E-state index in [0.29, 0.717) is 0 Å². The molecule has 0 saturated carbocycles. The second-order valence-electron chi connectivity index (χ2n) is 4.20. The maximum Gasteiger partial charge on any atom is 0.0763 e. The third kappa shape index (κ3) is 2.33. The lowest BCUT2D eigenvalue weighted by molar-refractivity contribution is -0.103. The topological polar surface area (TPSA) is 9.23 Å². The van der Waals surface area contributed by atoms with Crippen molar-refractivity contribution in [2.75, 3.05) is 0 Å². The first-order valence-electron chi connectivity index (χ1n) is 4.34. The van der Waals surface area contributed by atoms with Crippen molar-refractivity contribution in [3.63, 3.8) is 0 Å². The molecule has 0 aliphatic carbocycles.